The van der Waals surface area contributed by atoms with Crippen LogP contribution >= 0.6 is 0 Å². The Morgan fingerprint density at radius 3 is 2.27 bits per heavy atom. The van der Waals surface area contributed by atoms with Gasteiger partial charge in [0.25, 0.3) is 0 Å². The van der Waals surface area contributed by atoms with Crippen molar-refractivity contribution in [3.63, 3.8) is 0 Å². The van der Waals surface area contributed by atoms with Crippen molar-refractivity contribution < 1.29 is 10.3 Å². The van der Waals surface area contributed by atoms with Crippen LogP contribution < -0.4 is 0 Å². The quantitative estimate of drug-likeness (QED) is 0.258. The van der Waals surface area contributed by atoms with Gasteiger partial charge in [-0.25, -0.2) is 0 Å². The minimum atomic E-state index is -0.0179. The number of hydrogen-bond acceptors (Lipinski definition) is 3. The molecule has 0 radical (unpaired) electrons. The van der Waals surface area contributed by atoms with Gasteiger partial charge < -0.3 is 10.3 Å². The van der Waals surface area contributed by atoms with E-state index in [9.17, 15) is 10.3 Å². The Kier molecular flexibility index (Phi) is 5.31. The van der Waals surface area contributed by atoms with Gasteiger partial charge in [0.1, 0.15) is 0 Å². The van der Waals surface area contributed by atoms with Gasteiger partial charge in [-0.3, -0.25) is 0 Å². The van der Waals surface area contributed by atoms with E-state index < -0.39 is 0 Å². The molecule has 5 fully saturated rings. The van der Waals surface area contributed by atoms with Gasteiger partial charge in [0.2, 0.25) is 0 Å². The van der Waals surface area contributed by atoms with Crippen LogP contribution in [0.2, 0.25) is 0 Å². The molecular formula is C30H49NO2. The number of allylic oxidation sites excluding steroid dienone is 1. The van der Waals surface area contributed by atoms with E-state index in [1.54, 1.807) is 0 Å². The first-order valence-electron chi connectivity index (χ1n) is 13.9. The third-order valence-corrected chi connectivity index (χ3v) is 13.5. The second-order valence-corrected chi connectivity index (χ2v) is 14.5. The maximum absolute atomic E-state index is 10.7. The minimum absolute atomic E-state index is 0.0179. The first-order valence-corrected chi connectivity index (χ1v) is 13.9. The molecule has 0 aromatic heterocycles. The average Bonchev–Trinajstić information content (AvgIpc) is 3.14. The highest BCUT2D eigenvalue weighted by Gasteiger charge is 2.70. The number of oxime groups is 1. The summed E-state index contributed by atoms with van der Waals surface area (Å²) in [5.41, 5.74) is 3.48. The van der Waals surface area contributed by atoms with Crippen molar-refractivity contribution in [2.75, 3.05) is 6.61 Å². The standard InChI is InChI=1S/C30H49NO2/c1-19(2)20-10-15-30(18-32)17-16-28(6)21(25(20)30)8-9-23-27(5)13-12-24(31-33)26(3,4)22(27)11-14-29(23,28)7/h20-23,25,32-33H,1,8-18H2,2-7H3/b31-24+/t20-,21?,22?,23?,25?,27-,28+,29+,30+/m0/s1. The Morgan fingerprint density at radius 1 is 0.909 bits per heavy atom. The molecule has 4 unspecified atom stereocenters. The molecule has 5 aliphatic rings. The van der Waals surface area contributed by atoms with Crippen LogP contribution in [0.25, 0.3) is 0 Å². The summed E-state index contributed by atoms with van der Waals surface area (Å²) in [6.07, 6.45) is 12.2. The van der Waals surface area contributed by atoms with E-state index in [-0.39, 0.29) is 10.8 Å². The average molecular weight is 456 g/mol. The molecule has 33 heavy (non-hydrogen) atoms. The summed E-state index contributed by atoms with van der Waals surface area (Å²) in [7, 11) is 0. The largest absolute Gasteiger partial charge is 0.411 e. The fourth-order valence-corrected chi connectivity index (χ4v) is 11.5. The summed E-state index contributed by atoms with van der Waals surface area (Å²) in [4.78, 5) is 0. The van der Waals surface area contributed by atoms with Crippen LogP contribution in [0.4, 0.5) is 0 Å². The Bertz CT molecular complexity index is 861. The SMILES string of the molecule is C=C(C)[C@@H]1CC[C@]2(CO)CC[C@]3(C)C(CCC4[C@@]5(C)CC/C(=N\O)C(C)(C)C5CC[C@]43C)C12. The van der Waals surface area contributed by atoms with Crippen LogP contribution in [0.1, 0.15) is 106 Å². The Hall–Kier alpha value is -0.830. The molecule has 3 nitrogen and oxygen atoms in total. The van der Waals surface area contributed by atoms with Crippen LogP contribution in [-0.2, 0) is 0 Å². The third-order valence-electron chi connectivity index (χ3n) is 13.5. The van der Waals surface area contributed by atoms with Gasteiger partial charge >= 0.3 is 0 Å². The lowest BCUT2D eigenvalue weighted by Crippen LogP contribution is -2.66. The van der Waals surface area contributed by atoms with Crippen molar-refractivity contribution in [3.05, 3.63) is 12.2 Å². The summed E-state index contributed by atoms with van der Waals surface area (Å²) >= 11 is 0. The molecule has 0 spiro atoms. The molecule has 0 heterocycles. The van der Waals surface area contributed by atoms with Gasteiger partial charge in [-0.05, 0) is 122 Å². The van der Waals surface area contributed by atoms with Crippen LogP contribution in [0.3, 0.4) is 0 Å². The lowest BCUT2D eigenvalue weighted by atomic mass is 9.32. The van der Waals surface area contributed by atoms with Crippen molar-refractivity contribution in [3.8, 4) is 0 Å². The van der Waals surface area contributed by atoms with Crippen LogP contribution in [0.15, 0.2) is 17.3 Å². The highest BCUT2D eigenvalue weighted by Crippen LogP contribution is 2.77. The molecular weight excluding hydrogens is 406 g/mol. The molecule has 0 saturated heterocycles. The van der Waals surface area contributed by atoms with Gasteiger partial charge in [-0.1, -0.05) is 51.9 Å². The maximum atomic E-state index is 10.7. The van der Waals surface area contributed by atoms with Crippen molar-refractivity contribution >= 4 is 5.71 Å². The summed E-state index contributed by atoms with van der Waals surface area (Å²) in [5.74, 6) is 3.23. The second-order valence-electron chi connectivity index (χ2n) is 14.5. The van der Waals surface area contributed by atoms with E-state index in [4.69, 9.17) is 0 Å². The maximum Gasteiger partial charge on any atom is 0.0630 e. The van der Waals surface area contributed by atoms with E-state index in [1.807, 2.05) is 0 Å². The minimum Gasteiger partial charge on any atom is -0.411 e. The van der Waals surface area contributed by atoms with Gasteiger partial charge in [0.15, 0.2) is 0 Å². The second kappa shape index (κ2) is 7.34. The van der Waals surface area contributed by atoms with Crippen molar-refractivity contribution in [1.82, 2.24) is 0 Å². The first-order chi connectivity index (χ1) is 15.4. The predicted molar refractivity (Wildman–Crippen MR) is 135 cm³/mol. The molecule has 0 aromatic carbocycles. The molecule has 2 N–H and O–H groups in total. The van der Waals surface area contributed by atoms with Gasteiger partial charge in [0.05, 0.1) is 5.71 Å². The fraction of sp³-hybridized carbons (Fsp3) is 0.900. The van der Waals surface area contributed by atoms with E-state index in [2.05, 4.69) is 53.3 Å². The molecule has 3 heteroatoms. The zero-order chi connectivity index (χ0) is 24.0. The molecule has 0 amide bonds. The number of rotatable bonds is 2. The molecule has 5 saturated carbocycles. The van der Waals surface area contributed by atoms with Crippen molar-refractivity contribution in [2.45, 2.75) is 106 Å². The number of fused-ring (bicyclic) bond motifs is 7. The number of aliphatic hydroxyl groups is 1. The Morgan fingerprint density at radius 2 is 1.64 bits per heavy atom. The zero-order valence-corrected chi connectivity index (χ0v) is 22.2. The fourth-order valence-electron chi connectivity index (χ4n) is 11.5. The number of nitrogens with zero attached hydrogens (tertiary/aromatic N) is 1. The predicted octanol–water partition coefficient (Wildman–Crippen LogP) is 7.47. The van der Waals surface area contributed by atoms with Gasteiger partial charge in [-0.15, -0.1) is 0 Å². The van der Waals surface area contributed by atoms with E-state index in [1.165, 1.54) is 63.4 Å². The molecule has 9 atom stereocenters. The first kappa shape index (κ1) is 23.9. The van der Waals surface area contributed by atoms with Gasteiger partial charge in [0, 0.05) is 12.0 Å². The molecule has 0 aliphatic heterocycles. The normalized spacial score (nSPS) is 54.2. The summed E-state index contributed by atoms with van der Waals surface area (Å²) in [6.45, 7) is 19.7. The van der Waals surface area contributed by atoms with E-state index in [0.717, 1.165) is 18.1 Å². The highest BCUT2D eigenvalue weighted by molar-refractivity contribution is 5.90. The summed E-state index contributed by atoms with van der Waals surface area (Å²) in [5, 5.41) is 24.2. The van der Waals surface area contributed by atoms with Crippen molar-refractivity contribution in [1.29, 1.82) is 0 Å². The Balaban J connectivity index is 1.55. The number of hydrogen-bond donors (Lipinski definition) is 2. The van der Waals surface area contributed by atoms with E-state index in [0.29, 0.717) is 46.5 Å². The molecule has 0 bridgehead atoms. The monoisotopic (exact) mass is 455 g/mol. The topological polar surface area (TPSA) is 52.8 Å². The molecule has 0 aromatic rings. The zero-order valence-electron chi connectivity index (χ0n) is 22.2. The number of aliphatic hydroxyl groups excluding tert-OH is 1. The third kappa shape index (κ3) is 2.81. The van der Waals surface area contributed by atoms with Crippen LogP contribution in [0.5, 0.6) is 0 Å². The van der Waals surface area contributed by atoms with E-state index >= 15 is 0 Å². The summed E-state index contributed by atoms with van der Waals surface area (Å²) < 4.78 is 0. The molecule has 5 rings (SSSR count). The molecule has 186 valence electrons. The highest BCUT2D eigenvalue weighted by atomic mass is 16.4. The van der Waals surface area contributed by atoms with Crippen LogP contribution in [-0.4, -0.2) is 22.6 Å². The van der Waals surface area contributed by atoms with Gasteiger partial charge in [-0.2, -0.15) is 0 Å². The molecule has 5 aliphatic carbocycles. The lowest BCUT2D eigenvalue weighted by molar-refractivity contribution is -0.230. The lowest BCUT2D eigenvalue weighted by Gasteiger charge is -2.72. The summed E-state index contributed by atoms with van der Waals surface area (Å²) in [6, 6.07) is 0. The Labute approximate surface area is 202 Å². The van der Waals surface area contributed by atoms with Crippen molar-refractivity contribution in [2.24, 2.45) is 61.8 Å². The van der Waals surface area contributed by atoms with Crippen LogP contribution in [0, 0.1) is 56.7 Å². The smallest absolute Gasteiger partial charge is 0.0630 e.